The summed E-state index contributed by atoms with van der Waals surface area (Å²) in [6.45, 7) is 3.38. The Morgan fingerprint density at radius 1 is 1.29 bits per heavy atom. The Morgan fingerprint density at radius 3 is 2.41 bits per heavy atom. The van der Waals surface area contributed by atoms with Gasteiger partial charge < -0.3 is 15.2 Å². The number of aliphatic carboxylic acids is 1. The van der Waals surface area contributed by atoms with Crippen molar-refractivity contribution >= 4 is 11.9 Å². The maximum absolute atomic E-state index is 11.7. The summed E-state index contributed by atoms with van der Waals surface area (Å²) in [4.78, 5) is 22.1. The third kappa shape index (κ3) is 3.21. The van der Waals surface area contributed by atoms with Crippen LogP contribution in [0.25, 0.3) is 0 Å². The second-order valence-electron chi connectivity index (χ2n) is 3.71. The normalized spacial score (nSPS) is 9.82. The number of carboxylic acid groups (broad SMARTS) is 1. The molecule has 0 atom stereocenters. The first-order valence-electron chi connectivity index (χ1n) is 5.11. The van der Waals surface area contributed by atoms with Crippen LogP contribution in [0.5, 0.6) is 5.75 Å². The Balaban J connectivity index is 2.99. The van der Waals surface area contributed by atoms with Crippen LogP contribution in [0.3, 0.4) is 0 Å². The maximum Gasteiger partial charge on any atom is 0.322 e. The van der Waals surface area contributed by atoms with Gasteiger partial charge in [-0.15, -0.1) is 0 Å². The van der Waals surface area contributed by atoms with Crippen LogP contribution < -0.4 is 10.1 Å². The van der Waals surface area contributed by atoms with Gasteiger partial charge >= 0.3 is 5.97 Å². The number of ether oxygens (including phenoxy) is 1. The fourth-order valence-electron chi connectivity index (χ4n) is 1.39. The number of aryl methyl sites for hydroxylation is 2. The maximum atomic E-state index is 11.7. The van der Waals surface area contributed by atoms with Crippen molar-refractivity contribution in [1.82, 2.24) is 5.32 Å². The van der Waals surface area contributed by atoms with Gasteiger partial charge in [-0.1, -0.05) is 0 Å². The minimum Gasteiger partial charge on any atom is -0.496 e. The van der Waals surface area contributed by atoms with Crippen LogP contribution in [-0.2, 0) is 4.79 Å². The SMILES string of the molecule is COc1cc(C)c(C)cc1C(=O)NCC(=O)O. The van der Waals surface area contributed by atoms with Gasteiger partial charge in [-0.05, 0) is 37.1 Å². The molecular formula is C12H15NO4. The van der Waals surface area contributed by atoms with E-state index in [1.54, 1.807) is 12.1 Å². The van der Waals surface area contributed by atoms with Gasteiger partial charge in [0, 0.05) is 0 Å². The highest BCUT2D eigenvalue weighted by Gasteiger charge is 2.14. The molecule has 0 aliphatic carbocycles. The van der Waals surface area contributed by atoms with Gasteiger partial charge in [-0.25, -0.2) is 0 Å². The molecule has 0 spiro atoms. The molecule has 0 radical (unpaired) electrons. The second-order valence-corrected chi connectivity index (χ2v) is 3.71. The molecule has 2 N–H and O–H groups in total. The quantitative estimate of drug-likeness (QED) is 0.823. The first kappa shape index (κ1) is 13.0. The molecule has 0 saturated heterocycles. The molecule has 0 aromatic heterocycles. The molecule has 17 heavy (non-hydrogen) atoms. The Bertz CT molecular complexity index is 454. The smallest absolute Gasteiger partial charge is 0.322 e. The van der Waals surface area contributed by atoms with Crippen LogP contribution >= 0.6 is 0 Å². The van der Waals surface area contributed by atoms with Crippen LogP contribution in [-0.4, -0.2) is 30.6 Å². The van der Waals surface area contributed by atoms with Gasteiger partial charge in [0.25, 0.3) is 5.91 Å². The van der Waals surface area contributed by atoms with Crippen LogP contribution in [0.2, 0.25) is 0 Å². The third-order valence-corrected chi connectivity index (χ3v) is 2.46. The fraction of sp³-hybridized carbons (Fsp3) is 0.333. The van der Waals surface area contributed by atoms with E-state index < -0.39 is 18.4 Å². The minimum absolute atomic E-state index is 0.344. The lowest BCUT2D eigenvalue weighted by atomic mass is 10.0. The molecule has 1 rings (SSSR count). The second kappa shape index (κ2) is 5.34. The number of carbonyl (C=O) groups is 2. The lowest BCUT2D eigenvalue weighted by molar-refractivity contribution is -0.135. The fourth-order valence-corrected chi connectivity index (χ4v) is 1.39. The number of rotatable bonds is 4. The molecule has 1 aromatic carbocycles. The van der Waals surface area contributed by atoms with Crippen LogP contribution in [0, 0.1) is 13.8 Å². The minimum atomic E-state index is -1.08. The number of carbonyl (C=O) groups excluding carboxylic acids is 1. The van der Waals surface area contributed by atoms with Crippen molar-refractivity contribution in [2.45, 2.75) is 13.8 Å². The summed E-state index contributed by atoms with van der Waals surface area (Å²) in [5.41, 5.74) is 2.31. The van der Waals surface area contributed by atoms with E-state index in [0.29, 0.717) is 11.3 Å². The molecule has 0 heterocycles. The summed E-state index contributed by atoms with van der Waals surface area (Å²) in [6.07, 6.45) is 0. The molecule has 1 aromatic rings. The molecule has 0 fully saturated rings. The number of carboxylic acids is 1. The average Bonchev–Trinajstić information content (AvgIpc) is 2.28. The number of methoxy groups -OCH3 is 1. The Hall–Kier alpha value is -2.04. The number of hydrogen-bond acceptors (Lipinski definition) is 3. The van der Waals surface area contributed by atoms with E-state index in [-0.39, 0.29) is 0 Å². The van der Waals surface area contributed by atoms with Crippen molar-refractivity contribution in [2.24, 2.45) is 0 Å². The monoisotopic (exact) mass is 237 g/mol. The summed E-state index contributed by atoms with van der Waals surface area (Å²) in [5.74, 6) is -1.09. The predicted octanol–water partition coefficient (Wildman–Crippen LogP) is 1.13. The number of amides is 1. The molecular weight excluding hydrogens is 222 g/mol. The van der Waals surface area contributed by atoms with Crippen LogP contribution in [0.1, 0.15) is 21.5 Å². The van der Waals surface area contributed by atoms with Crippen LogP contribution in [0.15, 0.2) is 12.1 Å². The van der Waals surface area contributed by atoms with Crippen molar-refractivity contribution in [3.8, 4) is 5.75 Å². The number of nitrogens with one attached hydrogen (secondary N) is 1. The van der Waals surface area contributed by atoms with E-state index in [9.17, 15) is 9.59 Å². The molecule has 0 bridgehead atoms. The summed E-state index contributed by atoms with van der Waals surface area (Å²) < 4.78 is 5.10. The number of benzene rings is 1. The van der Waals surface area contributed by atoms with Crippen molar-refractivity contribution in [1.29, 1.82) is 0 Å². The summed E-state index contributed by atoms with van der Waals surface area (Å²) in [5, 5.41) is 10.8. The molecule has 1 amide bonds. The van der Waals surface area contributed by atoms with Gasteiger partial charge in [-0.2, -0.15) is 0 Å². The zero-order chi connectivity index (χ0) is 13.0. The molecule has 0 aliphatic heterocycles. The van der Waals surface area contributed by atoms with Crippen molar-refractivity contribution < 1.29 is 19.4 Å². The van der Waals surface area contributed by atoms with E-state index >= 15 is 0 Å². The summed E-state index contributed by atoms with van der Waals surface area (Å²) >= 11 is 0. The average molecular weight is 237 g/mol. The van der Waals surface area contributed by atoms with Crippen molar-refractivity contribution in [2.75, 3.05) is 13.7 Å². The zero-order valence-electron chi connectivity index (χ0n) is 10.0. The van der Waals surface area contributed by atoms with Gasteiger partial charge in [-0.3, -0.25) is 9.59 Å². The first-order chi connectivity index (χ1) is 7.95. The lowest BCUT2D eigenvalue weighted by Gasteiger charge is -2.11. The van der Waals surface area contributed by atoms with E-state index in [4.69, 9.17) is 9.84 Å². The van der Waals surface area contributed by atoms with E-state index in [2.05, 4.69) is 5.32 Å². The Kier molecular flexibility index (Phi) is 4.09. The summed E-state index contributed by atoms with van der Waals surface area (Å²) in [7, 11) is 1.47. The molecule has 0 saturated carbocycles. The molecule has 0 aliphatic rings. The van der Waals surface area contributed by atoms with E-state index in [1.165, 1.54) is 7.11 Å². The van der Waals surface area contributed by atoms with Gasteiger partial charge in [0.1, 0.15) is 12.3 Å². The van der Waals surface area contributed by atoms with Crippen molar-refractivity contribution in [3.05, 3.63) is 28.8 Å². The van der Waals surface area contributed by atoms with Crippen molar-refractivity contribution in [3.63, 3.8) is 0 Å². The highest BCUT2D eigenvalue weighted by molar-refractivity contribution is 5.98. The van der Waals surface area contributed by atoms with Gasteiger partial charge in [0.05, 0.1) is 12.7 Å². The standard InChI is InChI=1S/C12H15NO4/c1-7-4-9(10(17-3)5-8(7)2)12(16)13-6-11(14)15/h4-5H,6H2,1-3H3,(H,13,16)(H,14,15). The third-order valence-electron chi connectivity index (χ3n) is 2.46. The first-order valence-corrected chi connectivity index (χ1v) is 5.11. The van der Waals surface area contributed by atoms with E-state index in [0.717, 1.165) is 11.1 Å². The predicted molar refractivity (Wildman–Crippen MR) is 62.4 cm³/mol. The zero-order valence-corrected chi connectivity index (χ0v) is 10.0. The highest BCUT2D eigenvalue weighted by atomic mass is 16.5. The van der Waals surface area contributed by atoms with Crippen LogP contribution in [0.4, 0.5) is 0 Å². The lowest BCUT2D eigenvalue weighted by Crippen LogP contribution is -2.29. The molecule has 0 unspecified atom stereocenters. The van der Waals surface area contributed by atoms with Gasteiger partial charge in [0.2, 0.25) is 0 Å². The number of hydrogen-bond donors (Lipinski definition) is 2. The highest BCUT2D eigenvalue weighted by Crippen LogP contribution is 2.22. The molecule has 5 heteroatoms. The van der Waals surface area contributed by atoms with Gasteiger partial charge in [0.15, 0.2) is 0 Å². The summed E-state index contributed by atoms with van der Waals surface area (Å²) in [6, 6.07) is 3.44. The Labute approximate surface area is 99.4 Å². The largest absolute Gasteiger partial charge is 0.496 e. The molecule has 92 valence electrons. The van der Waals surface area contributed by atoms with E-state index in [1.807, 2.05) is 13.8 Å². The molecule has 5 nitrogen and oxygen atoms in total. The Morgan fingerprint density at radius 2 is 1.88 bits per heavy atom. The topological polar surface area (TPSA) is 75.6 Å².